The number of halogens is 1. The fourth-order valence-electron chi connectivity index (χ4n) is 1.47. The van der Waals surface area contributed by atoms with Gasteiger partial charge in [0.15, 0.2) is 0 Å². The first kappa shape index (κ1) is 15.7. The Hall–Kier alpha value is -0.380. The second kappa shape index (κ2) is 7.27. The van der Waals surface area contributed by atoms with E-state index in [9.17, 15) is 0 Å². The van der Waals surface area contributed by atoms with E-state index in [4.69, 9.17) is 16.3 Å². The highest BCUT2D eigenvalue weighted by Gasteiger charge is 2.10. The molecule has 1 rings (SSSR count). The summed E-state index contributed by atoms with van der Waals surface area (Å²) in [6, 6.07) is 5.93. The lowest BCUT2D eigenvalue weighted by atomic mass is 10.2. The molecule has 18 heavy (non-hydrogen) atoms. The van der Waals surface area contributed by atoms with E-state index in [0.29, 0.717) is 11.6 Å². The van der Waals surface area contributed by atoms with Gasteiger partial charge in [-0.3, -0.25) is 0 Å². The van der Waals surface area contributed by atoms with Gasteiger partial charge in [0.2, 0.25) is 0 Å². The van der Waals surface area contributed by atoms with Crippen molar-refractivity contribution < 1.29 is 4.74 Å². The van der Waals surface area contributed by atoms with Crippen LogP contribution in [0.15, 0.2) is 18.2 Å². The summed E-state index contributed by atoms with van der Waals surface area (Å²) in [6.45, 7) is 8.12. The molecular weight excluding hydrogens is 266 g/mol. The van der Waals surface area contributed by atoms with Crippen molar-refractivity contribution in [1.82, 2.24) is 5.32 Å². The Bertz CT molecular complexity index is 377. The Labute approximate surface area is 119 Å². The molecule has 1 N–H and O–H groups in total. The van der Waals surface area contributed by atoms with Crippen molar-refractivity contribution in [3.05, 3.63) is 28.8 Å². The Morgan fingerprint density at radius 3 is 2.61 bits per heavy atom. The molecule has 0 amide bonds. The van der Waals surface area contributed by atoms with Crippen molar-refractivity contribution in [2.45, 2.75) is 32.1 Å². The van der Waals surface area contributed by atoms with E-state index in [1.165, 1.54) is 5.56 Å². The monoisotopic (exact) mass is 287 g/mol. The molecule has 0 bridgehead atoms. The summed E-state index contributed by atoms with van der Waals surface area (Å²) >= 11 is 8.07. The molecule has 1 aromatic rings. The maximum absolute atomic E-state index is 6.17. The lowest BCUT2D eigenvalue weighted by molar-refractivity contribution is 0.343. The van der Waals surface area contributed by atoms with E-state index in [2.05, 4.69) is 26.1 Å². The summed E-state index contributed by atoms with van der Waals surface area (Å²) in [5, 5.41) is 3.78. The molecule has 0 saturated heterocycles. The lowest BCUT2D eigenvalue weighted by Crippen LogP contribution is -2.12. The Morgan fingerprint density at radius 1 is 1.33 bits per heavy atom. The van der Waals surface area contributed by atoms with Crippen LogP contribution >= 0.6 is 23.4 Å². The van der Waals surface area contributed by atoms with Gasteiger partial charge in [-0.2, -0.15) is 11.8 Å². The van der Waals surface area contributed by atoms with Gasteiger partial charge in [-0.1, -0.05) is 38.4 Å². The summed E-state index contributed by atoms with van der Waals surface area (Å²) in [5.41, 5.74) is 1.17. The smallest absolute Gasteiger partial charge is 0.137 e. The second-order valence-corrected chi connectivity index (χ2v) is 7.43. The van der Waals surface area contributed by atoms with Crippen LogP contribution in [0, 0.1) is 0 Å². The minimum Gasteiger partial charge on any atom is -0.491 e. The molecular formula is C14H22ClNOS. The predicted octanol–water partition coefficient (Wildman–Crippen LogP) is 3.97. The molecule has 0 unspecified atom stereocenters. The zero-order valence-electron chi connectivity index (χ0n) is 11.5. The van der Waals surface area contributed by atoms with E-state index in [1.54, 1.807) is 0 Å². The number of thioether (sulfide) groups is 1. The van der Waals surface area contributed by atoms with Gasteiger partial charge in [0.1, 0.15) is 5.75 Å². The highest BCUT2D eigenvalue weighted by molar-refractivity contribution is 8.00. The molecule has 0 saturated carbocycles. The summed E-state index contributed by atoms with van der Waals surface area (Å²) in [5.74, 6) is 1.74. The van der Waals surface area contributed by atoms with Crippen LogP contribution in [0.2, 0.25) is 5.02 Å². The van der Waals surface area contributed by atoms with E-state index in [0.717, 1.165) is 18.0 Å². The topological polar surface area (TPSA) is 21.3 Å². The highest BCUT2D eigenvalue weighted by Crippen LogP contribution is 2.27. The molecule has 0 spiro atoms. The number of benzene rings is 1. The van der Waals surface area contributed by atoms with Gasteiger partial charge in [-0.05, 0) is 24.7 Å². The van der Waals surface area contributed by atoms with Crippen LogP contribution < -0.4 is 10.1 Å². The third-order valence-corrected chi connectivity index (χ3v) is 3.79. The number of ether oxygens (including phenoxy) is 1. The molecule has 102 valence electrons. The van der Waals surface area contributed by atoms with Crippen molar-refractivity contribution >= 4 is 23.4 Å². The maximum atomic E-state index is 6.17. The molecule has 0 heterocycles. The molecule has 2 nitrogen and oxygen atoms in total. The summed E-state index contributed by atoms with van der Waals surface area (Å²) < 4.78 is 5.97. The van der Waals surface area contributed by atoms with Crippen LogP contribution in [0.5, 0.6) is 5.75 Å². The molecule has 0 aromatic heterocycles. The Balaban J connectivity index is 2.43. The van der Waals surface area contributed by atoms with Crippen LogP contribution in [-0.2, 0) is 6.54 Å². The quantitative estimate of drug-likeness (QED) is 0.800. The SMILES string of the molecule is CNCc1ccc(OCCSC(C)(C)C)c(Cl)c1. The summed E-state index contributed by atoms with van der Waals surface area (Å²) in [6.07, 6.45) is 0. The second-order valence-electron chi connectivity index (χ2n) is 5.10. The predicted molar refractivity (Wildman–Crippen MR) is 81.9 cm³/mol. The molecule has 0 aliphatic carbocycles. The standard InChI is InChI=1S/C14H22ClNOS/c1-14(2,3)18-8-7-17-13-6-5-11(10-16-4)9-12(13)15/h5-6,9,16H,7-8,10H2,1-4H3. The fraction of sp³-hybridized carbons (Fsp3) is 0.571. The maximum Gasteiger partial charge on any atom is 0.137 e. The minimum absolute atomic E-state index is 0.282. The first-order valence-corrected chi connectivity index (χ1v) is 7.48. The van der Waals surface area contributed by atoms with Crippen molar-refractivity contribution in [2.24, 2.45) is 0 Å². The summed E-state index contributed by atoms with van der Waals surface area (Å²) in [7, 11) is 1.92. The van der Waals surface area contributed by atoms with Gasteiger partial charge in [0, 0.05) is 17.0 Å². The van der Waals surface area contributed by atoms with Crippen LogP contribution in [0.25, 0.3) is 0 Å². The lowest BCUT2D eigenvalue weighted by Gasteiger charge is -2.17. The van der Waals surface area contributed by atoms with Crippen LogP contribution in [0.1, 0.15) is 26.3 Å². The first-order chi connectivity index (χ1) is 8.42. The van der Waals surface area contributed by atoms with Gasteiger partial charge in [0.25, 0.3) is 0 Å². The first-order valence-electron chi connectivity index (χ1n) is 6.12. The summed E-state index contributed by atoms with van der Waals surface area (Å²) in [4.78, 5) is 0. The van der Waals surface area contributed by atoms with E-state index in [-0.39, 0.29) is 4.75 Å². The number of hydrogen-bond acceptors (Lipinski definition) is 3. The normalized spacial score (nSPS) is 11.6. The van der Waals surface area contributed by atoms with E-state index >= 15 is 0 Å². The largest absolute Gasteiger partial charge is 0.491 e. The Morgan fingerprint density at radius 2 is 2.06 bits per heavy atom. The van der Waals surface area contributed by atoms with Crippen LogP contribution in [0.4, 0.5) is 0 Å². The average molecular weight is 288 g/mol. The molecule has 0 radical (unpaired) electrons. The average Bonchev–Trinajstić information content (AvgIpc) is 2.26. The van der Waals surface area contributed by atoms with Gasteiger partial charge < -0.3 is 10.1 Å². The van der Waals surface area contributed by atoms with Crippen LogP contribution in [0.3, 0.4) is 0 Å². The minimum atomic E-state index is 0.282. The fourth-order valence-corrected chi connectivity index (χ4v) is 2.51. The van der Waals surface area contributed by atoms with Crippen molar-refractivity contribution in [3.8, 4) is 5.75 Å². The molecule has 0 fully saturated rings. The van der Waals surface area contributed by atoms with Crippen molar-refractivity contribution in [2.75, 3.05) is 19.4 Å². The van der Waals surface area contributed by atoms with Crippen molar-refractivity contribution in [1.29, 1.82) is 0 Å². The van der Waals surface area contributed by atoms with Gasteiger partial charge >= 0.3 is 0 Å². The van der Waals surface area contributed by atoms with Crippen molar-refractivity contribution in [3.63, 3.8) is 0 Å². The van der Waals surface area contributed by atoms with Gasteiger partial charge in [-0.25, -0.2) is 0 Å². The molecule has 0 aliphatic heterocycles. The zero-order valence-corrected chi connectivity index (χ0v) is 13.1. The Kier molecular flexibility index (Phi) is 6.33. The number of nitrogens with one attached hydrogen (secondary N) is 1. The number of rotatable bonds is 6. The van der Waals surface area contributed by atoms with Gasteiger partial charge in [0.05, 0.1) is 11.6 Å². The van der Waals surface area contributed by atoms with E-state index < -0.39 is 0 Å². The molecule has 4 heteroatoms. The molecule has 1 aromatic carbocycles. The number of hydrogen-bond donors (Lipinski definition) is 1. The zero-order chi connectivity index (χ0) is 13.6. The molecule has 0 aliphatic rings. The van der Waals surface area contributed by atoms with Crippen LogP contribution in [-0.4, -0.2) is 24.2 Å². The van der Waals surface area contributed by atoms with Gasteiger partial charge in [-0.15, -0.1) is 0 Å². The third kappa shape index (κ3) is 5.98. The van der Waals surface area contributed by atoms with E-state index in [1.807, 2.05) is 37.0 Å². The third-order valence-electron chi connectivity index (χ3n) is 2.25. The highest BCUT2D eigenvalue weighted by atomic mass is 35.5. The molecule has 0 atom stereocenters.